The van der Waals surface area contributed by atoms with Gasteiger partial charge in [0.15, 0.2) is 5.16 Å². The molecule has 0 saturated heterocycles. The number of para-hydroxylation sites is 2. The van der Waals surface area contributed by atoms with Crippen LogP contribution in [0.2, 0.25) is 0 Å². The first-order valence-electron chi connectivity index (χ1n) is 8.69. The van der Waals surface area contributed by atoms with E-state index >= 15 is 0 Å². The first kappa shape index (κ1) is 17.1. The molecular weight excluding hydrogens is 318 g/mol. The van der Waals surface area contributed by atoms with Crippen LogP contribution in [0.1, 0.15) is 39.0 Å². The van der Waals surface area contributed by atoms with E-state index in [1.807, 2.05) is 32.2 Å². The van der Waals surface area contributed by atoms with Crippen molar-refractivity contribution >= 4 is 28.7 Å². The van der Waals surface area contributed by atoms with Crippen molar-refractivity contribution in [1.29, 1.82) is 0 Å². The van der Waals surface area contributed by atoms with Crippen LogP contribution in [0, 0.1) is 0 Å². The summed E-state index contributed by atoms with van der Waals surface area (Å²) < 4.78 is 2.05. The average molecular weight is 343 g/mol. The molecule has 0 radical (unpaired) electrons. The van der Waals surface area contributed by atoms with Crippen LogP contribution in [-0.4, -0.2) is 27.3 Å². The van der Waals surface area contributed by atoms with Crippen LogP contribution in [0.15, 0.2) is 41.1 Å². The van der Waals surface area contributed by atoms with Gasteiger partial charge < -0.3 is 9.88 Å². The van der Waals surface area contributed by atoms with Crippen LogP contribution in [0.4, 0.5) is 0 Å². The van der Waals surface area contributed by atoms with Crippen LogP contribution in [-0.2, 0) is 11.8 Å². The van der Waals surface area contributed by atoms with Crippen molar-refractivity contribution in [3.05, 3.63) is 35.9 Å². The predicted molar refractivity (Wildman–Crippen MR) is 100 cm³/mol. The molecule has 2 aromatic rings. The number of nitrogens with zero attached hydrogens (tertiary/aromatic N) is 2. The van der Waals surface area contributed by atoms with E-state index in [0.29, 0.717) is 0 Å². The summed E-state index contributed by atoms with van der Waals surface area (Å²) in [4.78, 5) is 17.0. The lowest BCUT2D eigenvalue weighted by Gasteiger charge is -2.15. The van der Waals surface area contributed by atoms with Crippen molar-refractivity contribution in [2.24, 2.45) is 7.05 Å². The zero-order valence-electron chi connectivity index (χ0n) is 14.4. The van der Waals surface area contributed by atoms with Gasteiger partial charge in [0.05, 0.1) is 16.3 Å². The highest BCUT2D eigenvalue weighted by Gasteiger charge is 2.18. The molecule has 1 N–H and O–H groups in total. The smallest absolute Gasteiger partial charge is 0.233 e. The molecule has 0 aliphatic heterocycles. The van der Waals surface area contributed by atoms with Gasteiger partial charge in [0.1, 0.15) is 0 Å². The molecule has 0 spiro atoms. The zero-order valence-corrected chi connectivity index (χ0v) is 15.2. The SMILES string of the molecule is CC(Sc1nc2ccccc2n1C)C(=O)NCCC1=CCCCC1. The molecule has 0 fully saturated rings. The number of allylic oxidation sites excluding steroid dienone is 1. The van der Waals surface area contributed by atoms with E-state index in [1.54, 1.807) is 0 Å². The highest BCUT2D eigenvalue weighted by Crippen LogP contribution is 2.26. The minimum Gasteiger partial charge on any atom is -0.355 e. The summed E-state index contributed by atoms with van der Waals surface area (Å²) in [6.45, 7) is 2.68. The zero-order chi connectivity index (χ0) is 16.9. The number of aromatic nitrogens is 2. The monoisotopic (exact) mass is 343 g/mol. The Labute approximate surface area is 147 Å². The summed E-state index contributed by atoms with van der Waals surface area (Å²) in [6, 6.07) is 8.05. The van der Waals surface area contributed by atoms with Crippen molar-refractivity contribution in [1.82, 2.24) is 14.9 Å². The van der Waals surface area contributed by atoms with Gasteiger partial charge in [-0.1, -0.05) is 35.5 Å². The van der Waals surface area contributed by atoms with E-state index in [1.165, 1.54) is 43.0 Å². The Morgan fingerprint density at radius 3 is 2.96 bits per heavy atom. The summed E-state index contributed by atoms with van der Waals surface area (Å²) in [7, 11) is 2.00. The molecule has 128 valence electrons. The highest BCUT2D eigenvalue weighted by molar-refractivity contribution is 8.00. The Kier molecular flexibility index (Phi) is 5.61. The molecule has 1 aliphatic carbocycles. The molecule has 1 aliphatic rings. The topological polar surface area (TPSA) is 46.9 Å². The molecule has 1 unspecified atom stereocenters. The molecular formula is C19H25N3OS. The number of carbonyl (C=O) groups is 1. The highest BCUT2D eigenvalue weighted by atomic mass is 32.2. The largest absolute Gasteiger partial charge is 0.355 e. The Bertz CT molecular complexity index is 750. The third-order valence-electron chi connectivity index (χ3n) is 4.53. The number of nitrogens with one attached hydrogen (secondary N) is 1. The van der Waals surface area contributed by atoms with Gasteiger partial charge in [0.2, 0.25) is 5.91 Å². The number of fused-ring (bicyclic) bond motifs is 1. The minimum absolute atomic E-state index is 0.0865. The molecule has 0 bridgehead atoms. The fourth-order valence-electron chi connectivity index (χ4n) is 3.06. The normalized spacial score (nSPS) is 16.0. The van der Waals surface area contributed by atoms with Crippen molar-refractivity contribution in [3.8, 4) is 0 Å². The lowest BCUT2D eigenvalue weighted by molar-refractivity contribution is -0.120. The van der Waals surface area contributed by atoms with Crippen LogP contribution in [0.25, 0.3) is 11.0 Å². The molecule has 24 heavy (non-hydrogen) atoms. The van der Waals surface area contributed by atoms with Crippen molar-refractivity contribution < 1.29 is 4.79 Å². The van der Waals surface area contributed by atoms with Crippen molar-refractivity contribution in [2.75, 3.05) is 6.54 Å². The molecule has 1 atom stereocenters. The maximum atomic E-state index is 12.3. The second kappa shape index (κ2) is 7.88. The fraction of sp³-hybridized carbons (Fsp3) is 0.474. The quantitative estimate of drug-likeness (QED) is 0.635. The van der Waals surface area contributed by atoms with Gasteiger partial charge in [-0.05, 0) is 51.2 Å². The van der Waals surface area contributed by atoms with Gasteiger partial charge in [-0.2, -0.15) is 0 Å². The third kappa shape index (κ3) is 4.01. The van der Waals surface area contributed by atoms with Crippen molar-refractivity contribution in [2.45, 2.75) is 49.4 Å². The van der Waals surface area contributed by atoms with Gasteiger partial charge in [-0.15, -0.1) is 0 Å². The van der Waals surface area contributed by atoms with Gasteiger partial charge in [0.25, 0.3) is 0 Å². The number of carbonyl (C=O) groups excluding carboxylic acids is 1. The summed E-state index contributed by atoms with van der Waals surface area (Å²) >= 11 is 1.52. The number of imidazole rings is 1. The lowest BCUT2D eigenvalue weighted by atomic mass is 9.97. The Morgan fingerprint density at radius 2 is 2.21 bits per heavy atom. The molecule has 1 heterocycles. The van der Waals surface area contributed by atoms with Gasteiger partial charge in [0, 0.05) is 13.6 Å². The first-order valence-corrected chi connectivity index (χ1v) is 9.57. The Hall–Kier alpha value is -1.75. The molecule has 1 amide bonds. The number of amides is 1. The molecule has 5 heteroatoms. The summed E-state index contributed by atoms with van der Waals surface area (Å²) in [5, 5.41) is 3.80. The molecule has 1 aromatic carbocycles. The molecule has 1 aromatic heterocycles. The molecule has 4 nitrogen and oxygen atoms in total. The Morgan fingerprint density at radius 1 is 1.38 bits per heavy atom. The van der Waals surface area contributed by atoms with E-state index in [-0.39, 0.29) is 11.2 Å². The number of thioether (sulfide) groups is 1. The molecule has 0 saturated carbocycles. The fourth-order valence-corrected chi connectivity index (χ4v) is 3.98. The van der Waals surface area contributed by atoms with Crippen LogP contribution in [0.5, 0.6) is 0 Å². The average Bonchev–Trinajstić information content (AvgIpc) is 2.92. The van der Waals surface area contributed by atoms with Crippen LogP contribution >= 0.6 is 11.8 Å². The number of benzene rings is 1. The number of hydrogen-bond donors (Lipinski definition) is 1. The number of aryl methyl sites for hydroxylation is 1. The first-order chi connectivity index (χ1) is 11.6. The summed E-state index contributed by atoms with van der Waals surface area (Å²) in [5.74, 6) is 0.0865. The third-order valence-corrected chi connectivity index (χ3v) is 5.67. The lowest BCUT2D eigenvalue weighted by Crippen LogP contribution is -2.32. The van der Waals surface area contributed by atoms with E-state index in [4.69, 9.17) is 0 Å². The summed E-state index contributed by atoms with van der Waals surface area (Å²) in [6.07, 6.45) is 8.31. The van der Waals surface area contributed by atoms with E-state index in [0.717, 1.165) is 29.2 Å². The van der Waals surface area contributed by atoms with E-state index < -0.39 is 0 Å². The maximum Gasteiger partial charge on any atom is 0.233 e. The minimum atomic E-state index is -0.152. The van der Waals surface area contributed by atoms with Crippen LogP contribution < -0.4 is 5.32 Å². The van der Waals surface area contributed by atoms with Crippen molar-refractivity contribution in [3.63, 3.8) is 0 Å². The Balaban J connectivity index is 1.53. The maximum absolute atomic E-state index is 12.3. The number of hydrogen-bond acceptors (Lipinski definition) is 3. The summed E-state index contributed by atoms with van der Waals surface area (Å²) in [5.41, 5.74) is 3.56. The number of rotatable bonds is 6. The van der Waals surface area contributed by atoms with E-state index in [2.05, 4.69) is 27.0 Å². The van der Waals surface area contributed by atoms with E-state index in [9.17, 15) is 4.79 Å². The molecule has 3 rings (SSSR count). The van der Waals surface area contributed by atoms with Gasteiger partial charge in [-0.25, -0.2) is 4.98 Å². The van der Waals surface area contributed by atoms with Crippen LogP contribution in [0.3, 0.4) is 0 Å². The predicted octanol–water partition coefficient (Wildman–Crippen LogP) is 4.06. The second-order valence-electron chi connectivity index (χ2n) is 6.35. The second-order valence-corrected chi connectivity index (χ2v) is 7.66. The van der Waals surface area contributed by atoms with Gasteiger partial charge in [-0.3, -0.25) is 4.79 Å². The van der Waals surface area contributed by atoms with Gasteiger partial charge >= 0.3 is 0 Å². The standard InChI is InChI=1S/C19H25N3OS/c1-14(18(23)20-13-12-15-8-4-3-5-9-15)24-19-21-16-10-6-7-11-17(16)22(19)2/h6-8,10-11,14H,3-5,9,12-13H2,1-2H3,(H,20,23).